The molecule has 0 atom stereocenters. The maximum atomic E-state index is 5.85. The number of anilines is 1. The van der Waals surface area contributed by atoms with Crippen molar-refractivity contribution in [3.05, 3.63) is 41.9 Å². The Hall–Kier alpha value is -1.84. The van der Waals surface area contributed by atoms with E-state index in [0.717, 1.165) is 17.7 Å². The molecule has 0 amide bonds. The SMILES string of the molecule is Nc1ncccc1Cc1ccn(C2CCCC2)n1. The molecule has 3 rings (SSSR count). The van der Waals surface area contributed by atoms with E-state index in [1.165, 1.54) is 25.7 Å². The van der Waals surface area contributed by atoms with Gasteiger partial charge in [0.1, 0.15) is 5.82 Å². The first-order valence-electron chi connectivity index (χ1n) is 6.56. The molecule has 4 nitrogen and oxygen atoms in total. The van der Waals surface area contributed by atoms with Gasteiger partial charge in [0.05, 0.1) is 11.7 Å². The van der Waals surface area contributed by atoms with Crippen LogP contribution in [0.25, 0.3) is 0 Å². The third kappa shape index (κ3) is 2.23. The van der Waals surface area contributed by atoms with Crippen molar-refractivity contribution in [2.75, 3.05) is 5.73 Å². The average molecular weight is 242 g/mol. The molecule has 0 bridgehead atoms. The quantitative estimate of drug-likeness (QED) is 0.900. The normalized spacial score (nSPS) is 16.2. The van der Waals surface area contributed by atoms with Gasteiger partial charge in [-0.2, -0.15) is 5.10 Å². The van der Waals surface area contributed by atoms with Crippen LogP contribution in [0.3, 0.4) is 0 Å². The van der Waals surface area contributed by atoms with Crippen LogP contribution in [0.1, 0.15) is 43.0 Å². The van der Waals surface area contributed by atoms with Gasteiger partial charge in [0.25, 0.3) is 0 Å². The number of nitrogen functional groups attached to an aromatic ring is 1. The second kappa shape index (κ2) is 4.80. The van der Waals surface area contributed by atoms with E-state index in [2.05, 4.69) is 27.0 Å². The number of nitrogens with zero attached hydrogens (tertiary/aromatic N) is 3. The molecule has 2 heterocycles. The van der Waals surface area contributed by atoms with Gasteiger partial charge in [-0.15, -0.1) is 0 Å². The average Bonchev–Trinajstić information content (AvgIpc) is 3.02. The lowest BCUT2D eigenvalue weighted by atomic mass is 10.1. The molecule has 4 heteroatoms. The van der Waals surface area contributed by atoms with Crippen LogP contribution >= 0.6 is 0 Å². The maximum Gasteiger partial charge on any atom is 0.126 e. The Kier molecular flexibility index (Phi) is 3.00. The van der Waals surface area contributed by atoms with Crippen molar-refractivity contribution in [2.45, 2.75) is 38.1 Å². The summed E-state index contributed by atoms with van der Waals surface area (Å²) in [5.41, 5.74) is 7.97. The summed E-state index contributed by atoms with van der Waals surface area (Å²) in [5, 5.41) is 4.66. The maximum absolute atomic E-state index is 5.85. The summed E-state index contributed by atoms with van der Waals surface area (Å²) in [6.07, 6.45) is 9.75. The number of pyridine rings is 1. The van der Waals surface area contributed by atoms with E-state index < -0.39 is 0 Å². The first-order chi connectivity index (χ1) is 8.83. The molecular weight excluding hydrogens is 224 g/mol. The van der Waals surface area contributed by atoms with Crippen molar-refractivity contribution in [1.29, 1.82) is 0 Å². The Balaban J connectivity index is 1.75. The van der Waals surface area contributed by atoms with Gasteiger partial charge in [-0.1, -0.05) is 18.9 Å². The molecule has 18 heavy (non-hydrogen) atoms. The third-order valence-electron chi connectivity index (χ3n) is 3.66. The van der Waals surface area contributed by atoms with E-state index >= 15 is 0 Å². The Morgan fingerprint density at radius 1 is 1.28 bits per heavy atom. The Morgan fingerprint density at radius 2 is 2.11 bits per heavy atom. The van der Waals surface area contributed by atoms with Crippen LogP contribution in [-0.4, -0.2) is 14.8 Å². The van der Waals surface area contributed by atoms with Gasteiger partial charge in [-0.25, -0.2) is 4.98 Å². The molecule has 1 fully saturated rings. The second-order valence-corrected chi connectivity index (χ2v) is 4.95. The zero-order chi connectivity index (χ0) is 12.4. The van der Waals surface area contributed by atoms with Gasteiger partial charge < -0.3 is 5.73 Å². The third-order valence-corrected chi connectivity index (χ3v) is 3.66. The standard InChI is InChI=1S/C14H18N4/c15-14-11(4-3-8-16-14)10-12-7-9-18(17-12)13-5-1-2-6-13/h3-4,7-9,13H,1-2,5-6,10H2,(H2,15,16). The fourth-order valence-electron chi connectivity index (χ4n) is 2.64. The minimum atomic E-state index is 0.602. The fraction of sp³-hybridized carbons (Fsp3) is 0.429. The van der Waals surface area contributed by atoms with Gasteiger partial charge in [0.15, 0.2) is 0 Å². The predicted octanol–water partition coefficient (Wildman–Crippen LogP) is 2.57. The van der Waals surface area contributed by atoms with Crippen LogP contribution in [0.2, 0.25) is 0 Å². The molecule has 0 unspecified atom stereocenters. The molecule has 1 saturated carbocycles. The highest BCUT2D eigenvalue weighted by Crippen LogP contribution is 2.28. The monoisotopic (exact) mass is 242 g/mol. The molecular formula is C14H18N4. The van der Waals surface area contributed by atoms with E-state index in [1.807, 2.05) is 12.1 Å². The number of hydrogen-bond acceptors (Lipinski definition) is 3. The van der Waals surface area contributed by atoms with E-state index in [1.54, 1.807) is 6.20 Å². The summed E-state index contributed by atoms with van der Waals surface area (Å²) >= 11 is 0. The topological polar surface area (TPSA) is 56.7 Å². The summed E-state index contributed by atoms with van der Waals surface area (Å²) in [6, 6.07) is 6.62. The van der Waals surface area contributed by atoms with Crippen molar-refractivity contribution in [2.24, 2.45) is 0 Å². The Labute approximate surface area is 107 Å². The van der Waals surface area contributed by atoms with E-state index in [0.29, 0.717) is 11.9 Å². The highest BCUT2D eigenvalue weighted by molar-refractivity contribution is 5.40. The molecule has 0 saturated heterocycles. The Bertz CT molecular complexity index is 526. The largest absolute Gasteiger partial charge is 0.383 e. The van der Waals surface area contributed by atoms with Crippen molar-refractivity contribution < 1.29 is 0 Å². The summed E-state index contributed by atoms with van der Waals surface area (Å²) < 4.78 is 2.12. The van der Waals surface area contributed by atoms with Gasteiger partial charge in [0.2, 0.25) is 0 Å². The van der Waals surface area contributed by atoms with E-state index in [4.69, 9.17) is 5.73 Å². The lowest BCUT2D eigenvalue weighted by Gasteiger charge is -2.08. The molecule has 0 radical (unpaired) electrons. The summed E-state index contributed by atoms with van der Waals surface area (Å²) in [5.74, 6) is 0.605. The first kappa shape index (κ1) is 11.3. The highest BCUT2D eigenvalue weighted by atomic mass is 15.3. The van der Waals surface area contributed by atoms with Gasteiger partial charge in [-0.05, 0) is 25.0 Å². The molecule has 1 aliphatic carbocycles. The summed E-state index contributed by atoms with van der Waals surface area (Å²) in [7, 11) is 0. The highest BCUT2D eigenvalue weighted by Gasteiger charge is 2.17. The lowest BCUT2D eigenvalue weighted by Crippen LogP contribution is -2.06. The van der Waals surface area contributed by atoms with Crippen LogP contribution in [0.5, 0.6) is 0 Å². The van der Waals surface area contributed by atoms with Crippen molar-refractivity contribution in [1.82, 2.24) is 14.8 Å². The van der Waals surface area contributed by atoms with Gasteiger partial charge in [-0.3, -0.25) is 4.68 Å². The summed E-state index contributed by atoms with van der Waals surface area (Å²) in [4.78, 5) is 4.10. The van der Waals surface area contributed by atoms with E-state index in [-0.39, 0.29) is 0 Å². The molecule has 2 N–H and O–H groups in total. The van der Waals surface area contributed by atoms with Crippen LogP contribution < -0.4 is 5.73 Å². The second-order valence-electron chi connectivity index (χ2n) is 4.95. The molecule has 94 valence electrons. The zero-order valence-corrected chi connectivity index (χ0v) is 10.4. The number of aromatic nitrogens is 3. The Morgan fingerprint density at radius 3 is 2.89 bits per heavy atom. The van der Waals surface area contributed by atoms with Crippen LogP contribution in [0.15, 0.2) is 30.6 Å². The smallest absolute Gasteiger partial charge is 0.126 e. The molecule has 2 aromatic rings. The number of rotatable bonds is 3. The van der Waals surface area contributed by atoms with Crippen molar-refractivity contribution in [3.63, 3.8) is 0 Å². The van der Waals surface area contributed by atoms with Crippen LogP contribution in [-0.2, 0) is 6.42 Å². The molecule has 1 aliphatic rings. The van der Waals surface area contributed by atoms with Crippen LogP contribution in [0.4, 0.5) is 5.82 Å². The van der Waals surface area contributed by atoms with Gasteiger partial charge in [0, 0.05) is 24.4 Å². The molecule has 0 aliphatic heterocycles. The minimum Gasteiger partial charge on any atom is -0.383 e. The summed E-state index contributed by atoms with van der Waals surface area (Å²) in [6.45, 7) is 0. The zero-order valence-electron chi connectivity index (χ0n) is 10.4. The van der Waals surface area contributed by atoms with Crippen molar-refractivity contribution in [3.8, 4) is 0 Å². The molecule has 0 spiro atoms. The lowest BCUT2D eigenvalue weighted by molar-refractivity contribution is 0.463. The van der Waals surface area contributed by atoms with Crippen LogP contribution in [0, 0.1) is 0 Å². The number of hydrogen-bond donors (Lipinski definition) is 1. The van der Waals surface area contributed by atoms with Crippen molar-refractivity contribution >= 4 is 5.82 Å². The molecule has 0 aromatic carbocycles. The predicted molar refractivity (Wildman–Crippen MR) is 71.2 cm³/mol. The fourth-order valence-corrected chi connectivity index (χ4v) is 2.64. The van der Waals surface area contributed by atoms with E-state index in [9.17, 15) is 0 Å². The first-order valence-corrected chi connectivity index (χ1v) is 6.56. The minimum absolute atomic E-state index is 0.602. The molecule has 2 aromatic heterocycles. The van der Waals surface area contributed by atoms with Gasteiger partial charge >= 0.3 is 0 Å². The number of nitrogens with two attached hydrogens (primary N) is 1.